The maximum absolute atomic E-state index is 6.41. The zero-order valence-electron chi connectivity index (χ0n) is 17.5. The molecule has 2 fully saturated rings. The molecule has 1 aromatic rings. The first-order valence-electron chi connectivity index (χ1n) is 11.0. The molecule has 1 aliphatic carbocycles. The van der Waals surface area contributed by atoms with Crippen molar-refractivity contribution in [1.29, 1.82) is 0 Å². The molecule has 1 aromatic heterocycles. The maximum atomic E-state index is 6.41. The van der Waals surface area contributed by atoms with Crippen LogP contribution in [0.5, 0.6) is 0 Å². The van der Waals surface area contributed by atoms with Crippen molar-refractivity contribution >= 4 is 6.21 Å². The van der Waals surface area contributed by atoms with Crippen LogP contribution in [0.15, 0.2) is 35.5 Å². The smallest absolute Gasteiger partial charge is 0.0688 e. The largest absolute Gasteiger partial charge is 0.375 e. The van der Waals surface area contributed by atoms with Crippen LogP contribution in [0.2, 0.25) is 0 Å². The third kappa shape index (κ3) is 3.95. The van der Waals surface area contributed by atoms with Crippen molar-refractivity contribution in [2.75, 3.05) is 13.2 Å². The summed E-state index contributed by atoms with van der Waals surface area (Å²) < 4.78 is 6.41. The maximum Gasteiger partial charge on any atom is 0.0688 e. The number of nitrogens with one attached hydrogen (secondary N) is 1. The molecule has 2 atom stereocenters. The second-order valence-electron chi connectivity index (χ2n) is 9.36. The molecule has 3 heterocycles. The minimum absolute atomic E-state index is 0.0178. The Morgan fingerprint density at radius 3 is 2.82 bits per heavy atom. The average Bonchev–Trinajstić information content (AvgIpc) is 3.13. The van der Waals surface area contributed by atoms with Crippen LogP contribution in [0.4, 0.5) is 0 Å². The van der Waals surface area contributed by atoms with Crippen LogP contribution < -0.4 is 5.32 Å². The second kappa shape index (κ2) is 8.08. The fourth-order valence-electron chi connectivity index (χ4n) is 5.75. The molecule has 1 saturated carbocycles. The normalized spacial score (nSPS) is 31.5. The molecule has 4 nitrogen and oxygen atoms in total. The first-order chi connectivity index (χ1) is 13.6. The third-order valence-electron chi connectivity index (χ3n) is 7.47. The number of aromatic nitrogens is 1. The summed E-state index contributed by atoms with van der Waals surface area (Å²) in [6, 6.07) is 4.28. The van der Waals surface area contributed by atoms with E-state index in [1.54, 1.807) is 0 Å². The number of hydrogen-bond donors (Lipinski definition) is 1. The molecule has 1 saturated heterocycles. The van der Waals surface area contributed by atoms with E-state index >= 15 is 0 Å². The Morgan fingerprint density at radius 1 is 1.21 bits per heavy atom. The van der Waals surface area contributed by atoms with E-state index in [0.717, 1.165) is 51.1 Å². The van der Waals surface area contributed by atoms with Crippen molar-refractivity contribution < 1.29 is 4.74 Å². The van der Waals surface area contributed by atoms with Crippen LogP contribution in [-0.2, 0) is 11.3 Å². The molecule has 28 heavy (non-hydrogen) atoms. The molecule has 4 rings (SSSR count). The SMILES string of the molecule is Cc1cc(CNCCC2(C3(C)CC=CC=N3)CCOC3(CCCC3)C2)ccn1. The summed E-state index contributed by atoms with van der Waals surface area (Å²) in [7, 11) is 0. The van der Waals surface area contributed by atoms with Crippen molar-refractivity contribution in [2.45, 2.75) is 82.9 Å². The van der Waals surface area contributed by atoms with E-state index in [-0.39, 0.29) is 16.6 Å². The molecule has 0 amide bonds. The molecule has 4 heteroatoms. The van der Waals surface area contributed by atoms with Gasteiger partial charge in [-0.1, -0.05) is 18.9 Å². The molecule has 1 N–H and O–H groups in total. The van der Waals surface area contributed by atoms with Gasteiger partial charge in [-0.05, 0) is 82.7 Å². The highest BCUT2D eigenvalue weighted by molar-refractivity contribution is 5.72. The Bertz CT molecular complexity index is 737. The number of rotatable bonds is 6. The summed E-state index contributed by atoms with van der Waals surface area (Å²) in [4.78, 5) is 9.36. The Hall–Kier alpha value is -1.52. The number of nitrogens with zero attached hydrogens (tertiary/aromatic N) is 2. The van der Waals surface area contributed by atoms with E-state index in [0.29, 0.717) is 0 Å². The van der Waals surface area contributed by atoms with Gasteiger partial charge in [0.1, 0.15) is 0 Å². The molecular formula is C24H35N3O. The molecule has 1 spiro atoms. The van der Waals surface area contributed by atoms with Crippen molar-refractivity contribution in [3.05, 3.63) is 41.7 Å². The summed E-state index contributed by atoms with van der Waals surface area (Å²) in [5.74, 6) is 0. The van der Waals surface area contributed by atoms with E-state index in [1.165, 1.54) is 31.2 Å². The number of allylic oxidation sites excluding steroid dienone is 1. The van der Waals surface area contributed by atoms with Crippen molar-refractivity contribution in [3.63, 3.8) is 0 Å². The Kier molecular flexibility index (Phi) is 5.71. The highest BCUT2D eigenvalue weighted by Gasteiger charge is 2.55. The summed E-state index contributed by atoms with van der Waals surface area (Å²) in [6.45, 7) is 7.25. The van der Waals surface area contributed by atoms with Crippen LogP contribution >= 0.6 is 0 Å². The lowest BCUT2D eigenvalue weighted by Gasteiger charge is -2.54. The van der Waals surface area contributed by atoms with Gasteiger partial charge in [0.15, 0.2) is 0 Å². The highest BCUT2D eigenvalue weighted by Crippen LogP contribution is 2.56. The lowest BCUT2D eigenvalue weighted by Crippen LogP contribution is -2.55. The predicted molar refractivity (Wildman–Crippen MR) is 115 cm³/mol. The molecule has 3 aliphatic rings. The lowest BCUT2D eigenvalue weighted by atomic mass is 9.58. The van der Waals surface area contributed by atoms with E-state index in [2.05, 4.69) is 48.4 Å². The van der Waals surface area contributed by atoms with Gasteiger partial charge in [-0.2, -0.15) is 0 Å². The molecule has 152 valence electrons. The summed E-state index contributed by atoms with van der Waals surface area (Å²) in [6.07, 6.45) is 17.9. The van der Waals surface area contributed by atoms with Crippen LogP contribution in [0.3, 0.4) is 0 Å². The van der Waals surface area contributed by atoms with E-state index in [9.17, 15) is 0 Å². The van der Waals surface area contributed by atoms with E-state index in [4.69, 9.17) is 9.73 Å². The quantitative estimate of drug-likeness (QED) is 0.722. The Morgan fingerprint density at radius 2 is 2.07 bits per heavy atom. The lowest BCUT2D eigenvalue weighted by molar-refractivity contribution is -0.143. The third-order valence-corrected chi connectivity index (χ3v) is 7.47. The van der Waals surface area contributed by atoms with Crippen LogP contribution in [-0.4, -0.2) is 35.5 Å². The average molecular weight is 382 g/mol. The molecule has 2 unspecified atom stereocenters. The number of ether oxygens (including phenoxy) is 1. The first-order valence-corrected chi connectivity index (χ1v) is 11.0. The van der Waals surface area contributed by atoms with Gasteiger partial charge in [-0.25, -0.2) is 0 Å². The summed E-state index contributed by atoms with van der Waals surface area (Å²) >= 11 is 0. The van der Waals surface area contributed by atoms with Crippen LogP contribution in [0, 0.1) is 12.3 Å². The number of dihydropyridines is 1. The van der Waals surface area contributed by atoms with Gasteiger partial charge in [0.25, 0.3) is 0 Å². The Balaban J connectivity index is 1.47. The standard InChI is InChI=1S/C24H35N3O/c1-20-17-21(7-14-26-20)18-25-15-11-23(22(2)8-5-6-13-27-22)12-16-28-24(19-23)9-3-4-10-24/h5-7,13-14,17,25H,3-4,8-12,15-16,18-19H2,1-2H3. The predicted octanol–water partition coefficient (Wildman–Crippen LogP) is 4.77. The van der Waals surface area contributed by atoms with Crippen molar-refractivity contribution in [2.24, 2.45) is 10.4 Å². The number of aliphatic imine (C=N–C) groups is 1. The summed E-state index contributed by atoms with van der Waals surface area (Å²) in [5.41, 5.74) is 2.69. The first kappa shape index (κ1) is 19.8. The van der Waals surface area contributed by atoms with Gasteiger partial charge in [-0.3, -0.25) is 9.98 Å². The fourth-order valence-corrected chi connectivity index (χ4v) is 5.75. The van der Waals surface area contributed by atoms with Crippen molar-refractivity contribution in [3.8, 4) is 0 Å². The van der Waals surface area contributed by atoms with Gasteiger partial charge in [-0.15, -0.1) is 0 Å². The van der Waals surface area contributed by atoms with Gasteiger partial charge >= 0.3 is 0 Å². The zero-order valence-corrected chi connectivity index (χ0v) is 17.5. The number of pyridine rings is 1. The van der Waals surface area contributed by atoms with E-state index in [1.807, 2.05) is 12.4 Å². The molecular weight excluding hydrogens is 346 g/mol. The zero-order chi connectivity index (χ0) is 19.5. The van der Waals surface area contributed by atoms with Crippen LogP contribution in [0.1, 0.15) is 69.5 Å². The number of hydrogen-bond acceptors (Lipinski definition) is 4. The van der Waals surface area contributed by atoms with Crippen LogP contribution in [0.25, 0.3) is 0 Å². The molecule has 0 aromatic carbocycles. The highest BCUT2D eigenvalue weighted by atomic mass is 16.5. The molecule has 2 aliphatic heterocycles. The van der Waals surface area contributed by atoms with Gasteiger partial charge < -0.3 is 10.1 Å². The minimum Gasteiger partial charge on any atom is -0.375 e. The van der Waals surface area contributed by atoms with Gasteiger partial charge in [0, 0.05) is 36.7 Å². The summed E-state index contributed by atoms with van der Waals surface area (Å²) in [5, 5.41) is 3.70. The minimum atomic E-state index is -0.0178. The molecule has 0 radical (unpaired) electrons. The second-order valence-corrected chi connectivity index (χ2v) is 9.36. The monoisotopic (exact) mass is 381 g/mol. The van der Waals surface area contributed by atoms with Gasteiger partial charge in [0.05, 0.1) is 11.1 Å². The van der Waals surface area contributed by atoms with Crippen molar-refractivity contribution in [1.82, 2.24) is 10.3 Å². The van der Waals surface area contributed by atoms with E-state index < -0.39 is 0 Å². The Labute approximate surface area is 169 Å². The molecule has 0 bridgehead atoms. The topological polar surface area (TPSA) is 46.5 Å². The fraction of sp³-hybridized carbons (Fsp3) is 0.667. The number of aryl methyl sites for hydroxylation is 1. The van der Waals surface area contributed by atoms with Gasteiger partial charge in [0.2, 0.25) is 0 Å².